The second-order valence-corrected chi connectivity index (χ2v) is 5.85. The highest BCUT2D eigenvalue weighted by Crippen LogP contribution is 2.18. The zero-order valence-electron chi connectivity index (χ0n) is 13.9. The number of amides is 1. The van der Waals surface area contributed by atoms with Gasteiger partial charge in [-0.05, 0) is 19.1 Å². The Morgan fingerprint density at radius 3 is 2.83 bits per heavy atom. The maximum absolute atomic E-state index is 12.2. The van der Waals surface area contributed by atoms with Gasteiger partial charge in [-0.25, -0.2) is 4.98 Å². The van der Waals surface area contributed by atoms with E-state index in [1.807, 2.05) is 23.1 Å². The van der Waals surface area contributed by atoms with Gasteiger partial charge in [0.2, 0.25) is 5.91 Å². The predicted octanol–water partition coefficient (Wildman–Crippen LogP) is 1.35. The topological polar surface area (TPSA) is 50.6 Å². The molecule has 6 nitrogen and oxygen atoms in total. The molecule has 2 aromatic rings. The molecule has 23 heavy (non-hydrogen) atoms. The van der Waals surface area contributed by atoms with Gasteiger partial charge < -0.3 is 14.2 Å². The average molecular weight is 316 g/mol. The molecule has 2 heterocycles. The quantitative estimate of drug-likeness (QED) is 0.807. The van der Waals surface area contributed by atoms with Crippen molar-refractivity contribution in [2.75, 3.05) is 39.9 Å². The molecule has 0 radical (unpaired) electrons. The van der Waals surface area contributed by atoms with Crippen molar-refractivity contribution in [3.05, 3.63) is 30.1 Å². The highest BCUT2D eigenvalue weighted by molar-refractivity contribution is 5.79. The first-order chi connectivity index (χ1) is 11.2. The van der Waals surface area contributed by atoms with E-state index in [2.05, 4.69) is 22.5 Å². The average Bonchev–Trinajstić information content (AvgIpc) is 2.91. The number of ether oxygens (including phenoxy) is 1. The molecule has 0 atom stereocenters. The lowest BCUT2D eigenvalue weighted by Gasteiger charge is -2.34. The molecule has 0 spiro atoms. The molecule has 1 saturated heterocycles. The van der Waals surface area contributed by atoms with Crippen LogP contribution in [-0.4, -0.2) is 65.2 Å². The van der Waals surface area contributed by atoms with E-state index in [1.165, 1.54) is 0 Å². The van der Waals surface area contributed by atoms with Crippen LogP contribution in [-0.2, 0) is 22.6 Å². The SMILES string of the molecule is CCn1c(CN2CCN(CCOC)C(=O)C2)nc2ccccc21. The van der Waals surface area contributed by atoms with Gasteiger partial charge in [-0.3, -0.25) is 9.69 Å². The minimum absolute atomic E-state index is 0.174. The lowest BCUT2D eigenvalue weighted by atomic mass is 10.3. The standard InChI is InChI=1S/C17H24N4O2/c1-3-21-15-7-5-4-6-14(15)18-16(21)12-19-8-9-20(10-11-23-2)17(22)13-19/h4-7H,3,8-13H2,1-2H3. The Labute approximate surface area is 136 Å². The number of methoxy groups -OCH3 is 1. The smallest absolute Gasteiger partial charge is 0.236 e. The van der Waals surface area contributed by atoms with Crippen LogP contribution in [0.2, 0.25) is 0 Å². The van der Waals surface area contributed by atoms with Crippen LogP contribution in [0.5, 0.6) is 0 Å². The molecule has 0 unspecified atom stereocenters. The lowest BCUT2D eigenvalue weighted by molar-refractivity contribution is -0.136. The largest absolute Gasteiger partial charge is 0.383 e. The molecular formula is C17H24N4O2. The van der Waals surface area contributed by atoms with E-state index in [0.29, 0.717) is 26.2 Å². The summed E-state index contributed by atoms with van der Waals surface area (Å²) in [6, 6.07) is 8.19. The molecule has 0 saturated carbocycles. The number of piperazine rings is 1. The number of hydrogen-bond donors (Lipinski definition) is 0. The van der Waals surface area contributed by atoms with Gasteiger partial charge in [-0.2, -0.15) is 0 Å². The van der Waals surface area contributed by atoms with Crippen LogP contribution in [0.3, 0.4) is 0 Å². The Morgan fingerprint density at radius 2 is 2.09 bits per heavy atom. The number of carbonyl (C=O) groups excluding carboxylic acids is 1. The Bertz CT molecular complexity index is 682. The Kier molecular flexibility index (Phi) is 4.93. The molecule has 1 aromatic carbocycles. The van der Waals surface area contributed by atoms with E-state index in [9.17, 15) is 4.79 Å². The summed E-state index contributed by atoms with van der Waals surface area (Å²) >= 11 is 0. The number of carbonyl (C=O) groups is 1. The zero-order valence-corrected chi connectivity index (χ0v) is 13.9. The summed E-state index contributed by atoms with van der Waals surface area (Å²) < 4.78 is 7.29. The van der Waals surface area contributed by atoms with Crippen molar-refractivity contribution in [3.63, 3.8) is 0 Å². The zero-order chi connectivity index (χ0) is 16.2. The van der Waals surface area contributed by atoms with Gasteiger partial charge in [-0.1, -0.05) is 12.1 Å². The second kappa shape index (κ2) is 7.10. The molecule has 1 aliphatic rings. The summed E-state index contributed by atoms with van der Waals surface area (Å²) in [7, 11) is 1.66. The molecule has 0 bridgehead atoms. The molecule has 1 fully saturated rings. The summed E-state index contributed by atoms with van der Waals surface area (Å²) in [4.78, 5) is 21.0. The van der Waals surface area contributed by atoms with Crippen molar-refractivity contribution >= 4 is 16.9 Å². The Morgan fingerprint density at radius 1 is 1.26 bits per heavy atom. The number of nitrogens with zero attached hydrogens (tertiary/aromatic N) is 4. The fraction of sp³-hybridized carbons (Fsp3) is 0.529. The van der Waals surface area contributed by atoms with Gasteiger partial charge >= 0.3 is 0 Å². The summed E-state index contributed by atoms with van der Waals surface area (Å²) in [5.41, 5.74) is 2.18. The first kappa shape index (κ1) is 16.0. The van der Waals surface area contributed by atoms with Gasteiger partial charge in [0.25, 0.3) is 0 Å². The van der Waals surface area contributed by atoms with Crippen molar-refractivity contribution in [2.24, 2.45) is 0 Å². The van der Waals surface area contributed by atoms with E-state index >= 15 is 0 Å². The van der Waals surface area contributed by atoms with Gasteiger partial charge in [0, 0.05) is 33.3 Å². The van der Waals surface area contributed by atoms with Crippen LogP contribution in [0.25, 0.3) is 11.0 Å². The Hall–Kier alpha value is -1.92. The van der Waals surface area contributed by atoms with E-state index in [-0.39, 0.29) is 5.91 Å². The highest BCUT2D eigenvalue weighted by atomic mass is 16.5. The van der Waals surface area contributed by atoms with E-state index in [0.717, 1.165) is 36.5 Å². The predicted molar refractivity (Wildman–Crippen MR) is 89.1 cm³/mol. The number of para-hydroxylation sites is 2. The minimum atomic E-state index is 0.174. The molecule has 6 heteroatoms. The summed E-state index contributed by atoms with van der Waals surface area (Å²) in [5.74, 6) is 1.21. The normalized spacial score (nSPS) is 16.4. The molecule has 0 N–H and O–H groups in total. The van der Waals surface area contributed by atoms with Crippen LogP contribution >= 0.6 is 0 Å². The van der Waals surface area contributed by atoms with E-state index in [4.69, 9.17) is 9.72 Å². The molecule has 1 amide bonds. The van der Waals surface area contributed by atoms with Crippen molar-refractivity contribution < 1.29 is 9.53 Å². The molecular weight excluding hydrogens is 292 g/mol. The van der Waals surface area contributed by atoms with Crippen LogP contribution in [0.1, 0.15) is 12.7 Å². The number of imidazole rings is 1. The number of aromatic nitrogens is 2. The highest BCUT2D eigenvalue weighted by Gasteiger charge is 2.24. The second-order valence-electron chi connectivity index (χ2n) is 5.85. The van der Waals surface area contributed by atoms with Crippen LogP contribution < -0.4 is 0 Å². The van der Waals surface area contributed by atoms with Crippen LogP contribution in [0.15, 0.2) is 24.3 Å². The van der Waals surface area contributed by atoms with E-state index < -0.39 is 0 Å². The van der Waals surface area contributed by atoms with Crippen molar-refractivity contribution in [1.29, 1.82) is 0 Å². The number of hydrogen-bond acceptors (Lipinski definition) is 4. The van der Waals surface area contributed by atoms with Gasteiger partial charge in [0.05, 0.1) is 30.7 Å². The lowest BCUT2D eigenvalue weighted by Crippen LogP contribution is -2.50. The summed E-state index contributed by atoms with van der Waals surface area (Å²) in [6.45, 7) is 7.09. The number of rotatable bonds is 6. The number of aryl methyl sites for hydroxylation is 1. The molecule has 3 rings (SSSR count). The molecule has 1 aliphatic heterocycles. The third-order valence-electron chi connectivity index (χ3n) is 4.38. The summed E-state index contributed by atoms with van der Waals surface area (Å²) in [6.07, 6.45) is 0. The molecule has 124 valence electrons. The van der Waals surface area contributed by atoms with Gasteiger partial charge in [0.15, 0.2) is 0 Å². The first-order valence-corrected chi connectivity index (χ1v) is 8.16. The van der Waals surface area contributed by atoms with Crippen molar-refractivity contribution in [2.45, 2.75) is 20.0 Å². The maximum atomic E-state index is 12.2. The number of fused-ring (bicyclic) bond motifs is 1. The minimum Gasteiger partial charge on any atom is -0.383 e. The fourth-order valence-electron chi connectivity index (χ4n) is 3.13. The van der Waals surface area contributed by atoms with E-state index in [1.54, 1.807) is 7.11 Å². The maximum Gasteiger partial charge on any atom is 0.236 e. The van der Waals surface area contributed by atoms with Gasteiger partial charge in [-0.15, -0.1) is 0 Å². The first-order valence-electron chi connectivity index (χ1n) is 8.16. The van der Waals surface area contributed by atoms with Crippen LogP contribution in [0.4, 0.5) is 0 Å². The molecule has 1 aromatic heterocycles. The number of benzene rings is 1. The third-order valence-corrected chi connectivity index (χ3v) is 4.38. The van der Waals surface area contributed by atoms with Gasteiger partial charge in [0.1, 0.15) is 5.82 Å². The molecule has 0 aliphatic carbocycles. The monoisotopic (exact) mass is 316 g/mol. The van der Waals surface area contributed by atoms with Crippen molar-refractivity contribution in [1.82, 2.24) is 19.4 Å². The summed E-state index contributed by atoms with van der Waals surface area (Å²) in [5, 5.41) is 0. The van der Waals surface area contributed by atoms with Crippen molar-refractivity contribution in [3.8, 4) is 0 Å². The Balaban J connectivity index is 1.70. The third kappa shape index (κ3) is 3.38. The fourth-order valence-corrected chi connectivity index (χ4v) is 3.13. The van der Waals surface area contributed by atoms with Crippen LogP contribution in [0, 0.1) is 0 Å².